The maximum absolute atomic E-state index is 13.1. The summed E-state index contributed by atoms with van der Waals surface area (Å²) in [5.74, 6) is -0.251. The molecule has 0 bridgehead atoms. The van der Waals surface area contributed by atoms with Gasteiger partial charge in [0.25, 0.3) is 0 Å². The van der Waals surface area contributed by atoms with Crippen molar-refractivity contribution in [3.8, 4) is 0 Å². The Kier molecular flexibility index (Phi) is 47.3. The van der Waals surface area contributed by atoms with Gasteiger partial charge in [0.15, 0.2) is 6.29 Å². The van der Waals surface area contributed by atoms with E-state index in [1.807, 2.05) is 0 Å². The second-order valence-corrected chi connectivity index (χ2v) is 21.7. The van der Waals surface area contributed by atoms with Crippen LogP contribution < -0.4 is 5.32 Å². The molecule has 1 aliphatic heterocycles. The van der Waals surface area contributed by atoms with Gasteiger partial charge in [0, 0.05) is 6.42 Å². The predicted octanol–water partition coefficient (Wildman–Crippen LogP) is 14.0. The minimum Gasteiger partial charge on any atom is -0.394 e. The second kappa shape index (κ2) is 49.4. The molecule has 0 aliphatic carbocycles. The minimum atomic E-state index is -1.60. The van der Waals surface area contributed by atoms with Crippen molar-refractivity contribution in [3.05, 3.63) is 0 Å². The number of rotatable bonds is 53. The summed E-state index contributed by atoms with van der Waals surface area (Å²) in [6, 6.07) is -0.985. The number of nitrogens with one attached hydrogen (secondary N) is 1. The molecule has 1 fully saturated rings. The highest BCUT2D eigenvalue weighted by Crippen LogP contribution is 2.24. The molecule has 0 spiro atoms. The normalized spacial score (nSPS) is 19.8. The summed E-state index contributed by atoms with van der Waals surface area (Å²) >= 11 is 0. The van der Waals surface area contributed by atoms with Crippen LogP contribution in [0.5, 0.6) is 0 Å². The van der Waals surface area contributed by atoms with Crippen LogP contribution in [-0.2, 0) is 14.3 Å². The zero-order valence-electron chi connectivity index (χ0n) is 45.5. The van der Waals surface area contributed by atoms with Crippen molar-refractivity contribution in [3.63, 3.8) is 0 Å². The molecule has 1 amide bonds. The van der Waals surface area contributed by atoms with Gasteiger partial charge in [-0.2, -0.15) is 0 Å². The highest BCUT2D eigenvalue weighted by Gasteiger charge is 2.44. The molecule has 2 unspecified atom stereocenters. The molecule has 10 nitrogen and oxygen atoms in total. The van der Waals surface area contributed by atoms with E-state index >= 15 is 0 Å². The number of carbonyl (C=O) groups excluding carboxylic acids is 1. The van der Waals surface area contributed by atoms with Crippen molar-refractivity contribution in [1.82, 2.24) is 5.32 Å². The van der Waals surface area contributed by atoms with Crippen molar-refractivity contribution in [2.75, 3.05) is 13.2 Å². The second-order valence-electron chi connectivity index (χ2n) is 21.7. The Balaban J connectivity index is 2.09. The van der Waals surface area contributed by atoms with E-state index in [1.54, 1.807) is 0 Å². The van der Waals surface area contributed by atoms with E-state index in [4.69, 9.17) is 9.47 Å². The van der Waals surface area contributed by atoms with Crippen LogP contribution in [0.1, 0.15) is 309 Å². The van der Waals surface area contributed by atoms with Crippen LogP contribution in [0.15, 0.2) is 0 Å². The molecule has 8 atom stereocenters. The lowest BCUT2D eigenvalue weighted by molar-refractivity contribution is -0.303. The van der Waals surface area contributed by atoms with E-state index in [1.165, 1.54) is 238 Å². The van der Waals surface area contributed by atoms with Gasteiger partial charge in [0.05, 0.1) is 25.4 Å². The van der Waals surface area contributed by atoms with E-state index < -0.39 is 55.6 Å². The summed E-state index contributed by atoms with van der Waals surface area (Å²) in [7, 11) is 0. The van der Waals surface area contributed by atoms with Crippen molar-refractivity contribution in [2.45, 2.75) is 358 Å². The fraction of sp³-hybridized carbons (Fsp3) is 0.983. The van der Waals surface area contributed by atoms with Crippen molar-refractivity contribution >= 4 is 5.91 Å². The molecule has 1 heterocycles. The number of carbonyl (C=O) groups is 1. The number of hydrogen-bond acceptors (Lipinski definition) is 9. The molecule has 0 radical (unpaired) electrons. The molecular formula is C59H117NO9. The SMILES string of the molecule is CCCCCCCCCCCCCCCCCCCCCCCCCCCCCCCCCCCC(=O)N[C@@H](CO[C@@H]1O[C@H](CO)[C@@H](O)C(O)C1O)[C@H](O)[C@H](O)CCCCCCCCCCCCC. The highest BCUT2D eigenvalue weighted by molar-refractivity contribution is 5.76. The predicted molar refractivity (Wildman–Crippen MR) is 287 cm³/mol. The van der Waals surface area contributed by atoms with Crippen molar-refractivity contribution < 1.29 is 44.9 Å². The zero-order chi connectivity index (χ0) is 50.3. The van der Waals surface area contributed by atoms with E-state index in [0.717, 1.165) is 44.9 Å². The van der Waals surface area contributed by atoms with Gasteiger partial charge in [0.2, 0.25) is 5.91 Å². The lowest BCUT2D eigenvalue weighted by atomic mass is 9.98. The van der Waals surface area contributed by atoms with Gasteiger partial charge in [-0.1, -0.05) is 290 Å². The Labute approximate surface area is 426 Å². The van der Waals surface area contributed by atoms with Crippen molar-refractivity contribution in [1.29, 1.82) is 0 Å². The lowest BCUT2D eigenvalue weighted by Gasteiger charge is -2.40. The van der Waals surface area contributed by atoms with Crippen molar-refractivity contribution in [2.24, 2.45) is 0 Å². The highest BCUT2D eigenvalue weighted by atomic mass is 16.7. The summed E-state index contributed by atoms with van der Waals surface area (Å²) in [5.41, 5.74) is 0. The third kappa shape index (κ3) is 38.4. The smallest absolute Gasteiger partial charge is 0.220 e. The summed E-state index contributed by atoms with van der Waals surface area (Å²) in [6.07, 6.45) is 48.8. The summed E-state index contributed by atoms with van der Waals surface area (Å²) in [5, 5.41) is 65.4. The first kappa shape index (κ1) is 66.2. The fourth-order valence-corrected chi connectivity index (χ4v) is 10.2. The quantitative estimate of drug-likeness (QED) is 0.0293. The van der Waals surface area contributed by atoms with Crippen LogP contribution in [0.25, 0.3) is 0 Å². The van der Waals surface area contributed by atoms with Gasteiger partial charge in [0.1, 0.15) is 30.5 Å². The third-order valence-electron chi connectivity index (χ3n) is 15.1. The summed E-state index contributed by atoms with van der Waals surface area (Å²) in [4.78, 5) is 13.1. The summed E-state index contributed by atoms with van der Waals surface area (Å²) in [6.45, 7) is 3.64. The number of ether oxygens (including phenoxy) is 2. The molecule has 0 aromatic carbocycles. The van der Waals surface area contributed by atoms with E-state index in [9.17, 15) is 35.4 Å². The molecule has 0 saturated carbocycles. The third-order valence-corrected chi connectivity index (χ3v) is 15.1. The molecular weight excluding hydrogens is 867 g/mol. The summed E-state index contributed by atoms with van der Waals surface area (Å²) < 4.78 is 11.2. The maximum atomic E-state index is 13.1. The number of aliphatic hydroxyl groups is 6. The molecule has 0 aromatic heterocycles. The number of hydrogen-bond donors (Lipinski definition) is 7. The minimum absolute atomic E-state index is 0.251. The Bertz CT molecular complexity index is 1070. The van der Waals surface area contributed by atoms with E-state index in [2.05, 4.69) is 19.2 Å². The lowest BCUT2D eigenvalue weighted by Crippen LogP contribution is -2.60. The Morgan fingerprint density at radius 3 is 1.07 bits per heavy atom. The molecule has 10 heteroatoms. The average Bonchev–Trinajstić information content (AvgIpc) is 3.35. The number of unbranched alkanes of at least 4 members (excludes halogenated alkanes) is 42. The van der Waals surface area contributed by atoms with Crippen LogP contribution in [0.2, 0.25) is 0 Å². The largest absolute Gasteiger partial charge is 0.394 e. The first-order chi connectivity index (χ1) is 33.8. The average molecular weight is 985 g/mol. The number of aliphatic hydroxyl groups excluding tert-OH is 6. The first-order valence-corrected chi connectivity index (χ1v) is 30.3. The molecule has 69 heavy (non-hydrogen) atoms. The van der Waals surface area contributed by atoms with Gasteiger partial charge < -0.3 is 45.4 Å². The maximum Gasteiger partial charge on any atom is 0.220 e. The molecule has 7 N–H and O–H groups in total. The Morgan fingerprint density at radius 1 is 0.449 bits per heavy atom. The molecule has 0 aromatic rings. The standard InChI is InChI=1S/C59H117NO9/c1-3-5-7-9-11-13-15-16-17-18-19-20-21-22-23-24-25-26-27-28-29-30-31-32-33-34-35-36-38-40-42-44-46-48-54(63)60-51(50-68-59-58(67)57(66)56(65)53(49-61)69-59)55(64)52(62)47-45-43-41-39-37-14-12-10-8-6-4-2/h51-53,55-59,61-62,64-67H,3-50H2,1-2H3,(H,60,63)/t51-,52+,53+,55-,56+,57?,58?,59+/m0/s1. The Morgan fingerprint density at radius 2 is 0.754 bits per heavy atom. The van der Waals surface area contributed by atoms with Crippen LogP contribution in [0, 0.1) is 0 Å². The fourth-order valence-electron chi connectivity index (χ4n) is 10.2. The molecule has 1 aliphatic rings. The number of amides is 1. The van der Waals surface area contributed by atoms with Gasteiger partial charge in [-0.15, -0.1) is 0 Å². The monoisotopic (exact) mass is 984 g/mol. The van der Waals surface area contributed by atoms with Gasteiger partial charge in [-0.3, -0.25) is 4.79 Å². The van der Waals surface area contributed by atoms with Crippen LogP contribution in [0.4, 0.5) is 0 Å². The van der Waals surface area contributed by atoms with E-state index in [-0.39, 0.29) is 18.9 Å². The van der Waals surface area contributed by atoms with E-state index in [0.29, 0.717) is 6.42 Å². The first-order valence-electron chi connectivity index (χ1n) is 30.3. The molecule has 1 saturated heterocycles. The van der Waals surface area contributed by atoms with Gasteiger partial charge >= 0.3 is 0 Å². The van der Waals surface area contributed by atoms with Gasteiger partial charge in [-0.25, -0.2) is 0 Å². The van der Waals surface area contributed by atoms with Crippen LogP contribution in [0.3, 0.4) is 0 Å². The molecule has 412 valence electrons. The van der Waals surface area contributed by atoms with Crippen LogP contribution >= 0.6 is 0 Å². The molecule has 1 rings (SSSR count). The zero-order valence-corrected chi connectivity index (χ0v) is 45.5. The van der Waals surface area contributed by atoms with Gasteiger partial charge in [-0.05, 0) is 12.8 Å². The van der Waals surface area contributed by atoms with Crippen LogP contribution in [-0.4, -0.2) is 98.7 Å². The Hall–Kier alpha value is -0.850. The topological polar surface area (TPSA) is 169 Å².